The van der Waals surface area contributed by atoms with Crippen molar-refractivity contribution in [2.24, 2.45) is 0 Å². The van der Waals surface area contributed by atoms with Crippen LogP contribution >= 0.6 is 11.6 Å². The van der Waals surface area contributed by atoms with Gasteiger partial charge in [-0.25, -0.2) is 12.8 Å². The summed E-state index contributed by atoms with van der Waals surface area (Å²) >= 11 is 6.11. The molecule has 0 unspecified atom stereocenters. The molecule has 0 bridgehead atoms. The number of rotatable bonds is 7. The quantitative estimate of drug-likeness (QED) is 0.690. The Morgan fingerprint density at radius 1 is 1.11 bits per heavy atom. The Kier molecular flexibility index (Phi) is 6.69. The zero-order valence-corrected chi connectivity index (χ0v) is 16.9. The lowest BCUT2D eigenvalue weighted by Crippen LogP contribution is -2.29. The predicted octanol–water partition coefficient (Wildman–Crippen LogP) is 3.63. The number of hydrogen-bond donors (Lipinski definition) is 1. The molecular formula is C20H22ClFN2O3S. The van der Waals surface area contributed by atoms with Crippen molar-refractivity contribution in [3.05, 3.63) is 64.4 Å². The molecule has 0 aliphatic carbocycles. The Hall–Kier alpha value is -1.96. The smallest absolute Gasteiger partial charge is 0.251 e. The van der Waals surface area contributed by atoms with E-state index >= 15 is 0 Å². The van der Waals surface area contributed by atoms with Crippen LogP contribution in [-0.4, -0.2) is 38.3 Å². The summed E-state index contributed by atoms with van der Waals surface area (Å²) in [6.45, 7) is 1.37. The third kappa shape index (κ3) is 4.90. The van der Waals surface area contributed by atoms with Gasteiger partial charge >= 0.3 is 0 Å². The maximum atomic E-state index is 12.9. The van der Waals surface area contributed by atoms with Crippen LogP contribution in [0.2, 0.25) is 5.02 Å². The van der Waals surface area contributed by atoms with Crippen LogP contribution < -0.4 is 5.32 Å². The van der Waals surface area contributed by atoms with Crippen molar-refractivity contribution in [1.29, 1.82) is 0 Å². The number of amides is 1. The number of carbonyl (C=O) groups excluding carboxylic acids is 1. The maximum Gasteiger partial charge on any atom is 0.251 e. The molecule has 2 aromatic carbocycles. The third-order valence-electron chi connectivity index (χ3n) is 4.72. The van der Waals surface area contributed by atoms with E-state index in [1.807, 2.05) is 0 Å². The average molecular weight is 425 g/mol. The second kappa shape index (κ2) is 9.03. The Bertz CT molecular complexity index is 942. The number of carbonyl (C=O) groups is 1. The highest BCUT2D eigenvalue weighted by atomic mass is 35.5. The van der Waals surface area contributed by atoms with Crippen molar-refractivity contribution in [1.82, 2.24) is 9.62 Å². The molecule has 1 heterocycles. The lowest BCUT2D eigenvalue weighted by molar-refractivity contribution is 0.0953. The number of nitrogens with one attached hydrogen (secondary N) is 1. The van der Waals surface area contributed by atoms with E-state index in [0.29, 0.717) is 32.5 Å². The van der Waals surface area contributed by atoms with Crippen molar-refractivity contribution < 1.29 is 17.6 Å². The summed E-state index contributed by atoms with van der Waals surface area (Å²) in [5.41, 5.74) is 1.24. The van der Waals surface area contributed by atoms with Crippen LogP contribution in [0.5, 0.6) is 0 Å². The molecule has 0 saturated carbocycles. The highest BCUT2D eigenvalue weighted by Crippen LogP contribution is 2.28. The Labute approximate surface area is 169 Å². The van der Waals surface area contributed by atoms with Crippen LogP contribution in [0.3, 0.4) is 0 Å². The van der Waals surface area contributed by atoms with E-state index in [2.05, 4.69) is 5.32 Å². The fourth-order valence-electron chi connectivity index (χ4n) is 3.16. The van der Waals surface area contributed by atoms with Crippen LogP contribution in [0.4, 0.5) is 4.39 Å². The predicted molar refractivity (Wildman–Crippen MR) is 106 cm³/mol. The van der Waals surface area contributed by atoms with Gasteiger partial charge in [0.25, 0.3) is 5.91 Å². The summed E-state index contributed by atoms with van der Waals surface area (Å²) in [6, 6.07) is 10.5. The zero-order valence-electron chi connectivity index (χ0n) is 15.3. The molecule has 0 atom stereocenters. The van der Waals surface area contributed by atoms with E-state index in [-0.39, 0.29) is 27.2 Å². The van der Waals surface area contributed by atoms with Crippen LogP contribution in [-0.2, 0) is 16.4 Å². The van der Waals surface area contributed by atoms with Crippen LogP contribution in [0.15, 0.2) is 47.4 Å². The first-order valence-corrected chi connectivity index (χ1v) is 11.0. The first-order chi connectivity index (χ1) is 13.4. The molecule has 3 rings (SSSR count). The monoisotopic (exact) mass is 424 g/mol. The molecule has 0 aromatic heterocycles. The first kappa shape index (κ1) is 20.8. The third-order valence-corrected chi connectivity index (χ3v) is 7.10. The molecule has 28 heavy (non-hydrogen) atoms. The minimum atomic E-state index is -3.70. The highest BCUT2D eigenvalue weighted by molar-refractivity contribution is 7.89. The lowest BCUT2D eigenvalue weighted by atomic mass is 10.1. The Morgan fingerprint density at radius 3 is 2.46 bits per heavy atom. The summed E-state index contributed by atoms with van der Waals surface area (Å²) in [5, 5.41) is 2.89. The summed E-state index contributed by atoms with van der Waals surface area (Å²) in [6.07, 6.45) is 3.04. The normalized spacial score (nSPS) is 14.9. The second-order valence-corrected chi connectivity index (χ2v) is 9.06. The lowest BCUT2D eigenvalue weighted by Gasteiger charge is -2.17. The van der Waals surface area contributed by atoms with Crippen molar-refractivity contribution in [2.45, 2.75) is 30.6 Å². The highest BCUT2D eigenvalue weighted by Gasteiger charge is 2.29. The number of benzene rings is 2. The SMILES string of the molecule is O=C(NCCCc1ccc(F)cc1)c1ccc(Cl)c(S(=O)(=O)N2CCCC2)c1. The van der Waals surface area contributed by atoms with Crippen molar-refractivity contribution in [2.75, 3.05) is 19.6 Å². The van der Waals surface area contributed by atoms with Gasteiger partial charge in [-0.15, -0.1) is 0 Å². The maximum absolute atomic E-state index is 12.9. The van der Waals surface area contributed by atoms with Gasteiger partial charge in [0.1, 0.15) is 10.7 Å². The van der Waals surface area contributed by atoms with Gasteiger partial charge in [0.15, 0.2) is 0 Å². The molecule has 0 spiro atoms. The van der Waals surface area contributed by atoms with Gasteiger partial charge in [-0.05, 0) is 61.6 Å². The molecule has 1 N–H and O–H groups in total. The largest absolute Gasteiger partial charge is 0.352 e. The molecule has 5 nitrogen and oxygen atoms in total. The molecule has 1 saturated heterocycles. The molecular weight excluding hydrogens is 403 g/mol. The van der Waals surface area contributed by atoms with E-state index in [9.17, 15) is 17.6 Å². The van der Waals surface area contributed by atoms with Crippen molar-refractivity contribution in [3.8, 4) is 0 Å². The van der Waals surface area contributed by atoms with Crippen LogP contribution in [0.1, 0.15) is 35.2 Å². The van der Waals surface area contributed by atoms with Gasteiger partial charge in [-0.2, -0.15) is 4.31 Å². The number of nitrogens with zero attached hydrogens (tertiary/aromatic N) is 1. The topological polar surface area (TPSA) is 66.5 Å². The molecule has 1 aliphatic rings. The van der Waals surface area contributed by atoms with E-state index in [0.717, 1.165) is 18.4 Å². The molecule has 2 aromatic rings. The molecule has 1 aliphatic heterocycles. The van der Waals surface area contributed by atoms with E-state index in [4.69, 9.17) is 11.6 Å². The molecule has 150 valence electrons. The van der Waals surface area contributed by atoms with Gasteiger partial charge in [-0.1, -0.05) is 23.7 Å². The number of halogens is 2. The van der Waals surface area contributed by atoms with Gasteiger partial charge in [-0.3, -0.25) is 4.79 Å². The molecule has 8 heteroatoms. The van der Waals surface area contributed by atoms with Gasteiger partial charge < -0.3 is 5.32 Å². The Morgan fingerprint density at radius 2 is 1.79 bits per heavy atom. The fourth-order valence-corrected chi connectivity index (χ4v) is 5.17. The number of hydrogen-bond acceptors (Lipinski definition) is 3. The van der Waals surface area contributed by atoms with Gasteiger partial charge in [0.2, 0.25) is 10.0 Å². The molecule has 1 fully saturated rings. The minimum Gasteiger partial charge on any atom is -0.352 e. The first-order valence-electron chi connectivity index (χ1n) is 9.20. The second-order valence-electron chi connectivity index (χ2n) is 6.74. The minimum absolute atomic E-state index is 0.0324. The van der Waals surface area contributed by atoms with Gasteiger partial charge in [0, 0.05) is 25.2 Å². The van der Waals surface area contributed by atoms with E-state index in [1.165, 1.54) is 34.6 Å². The Balaban J connectivity index is 1.61. The van der Waals surface area contributed by atoms with Crippen LogP contribution in [0, 0.1) is 5.82 Å². The van der Waals surface area contributed by atoms with Crippen molar-refractivity contribution >= 4 is 27.5 Å². The summed E-state index contributed by atoms with van der Waals surface area (Å²) < 4.78 is 39.8. The van der Waals surface area contributed by atoms with Crippen molar-refractivity contribution in [3.63, 3.8) is 0 Å². The van der Waals surface area contributed by atoms with E-state index in [1.54, 1.807) is 12.1 Å². The molecule has 0 radical (unpaired) electrons. The average Bonchev–Trinajstić information content (AvgIpc) is 3.22. The summed E-state index contributed by atoms with van der Waals surface area (Å²) in [5.74, 6) is -0.631. The number of sulfonamides is 1. The molecule has 1 amide bonds. The van der Waals surface area contributed by atoms with Crippen LogP contribution in [0.25, 0.3) is 0 Å². The fraction of sp³-hybridized carbons (Fsp3) is 0.350. The summed E-state index contributed by atoms with van der Waals surface area (Å²) in [7, 11) is -3.70. The van der Waals surface area contributed by atoms with Gasteiger partial charge in [0.05, 0.1) is 5.02 Å². The summed E-state index contributed by atoms with van der Waals surface area (Å²) in [4.78, 5) is 12.4. The zero-order chi connectivity index (χ0) is 20.1. The number of aryl methyl sites for hydroxylation is 1. The standard InChI is InChI=1S/C20H22ClFN2O3S/c21-18-10-7-16(14-19(18)28(26,27)24-12-1-2-13-24)20(25)23-11-3-4-15-5-8-17(22)9-6-15/h5-10,14H,1-4,11-13H2,(H,23,25). The van der Waals surface area contributed by atoms with E-state index < -0.39 is 10.0 Å².